The van der Waals surface area contributed by atoms with Gasteiger partial charge in [0.05, 0.1) is 0 Å². The quantitative estimate of drug-likeness (QED) is 0.826. The minimum Gasteiger partial charge on any atom is -0.335 e. The van der Waals surface area contributed by atoms with Crippen molar-refractivity contribution in [2.45, 2.75) is 32.7 Å². The van der Waals surface area contributed by atoms with Crippen molar-refractivity contribution in [2.75, 3.05) is 13.1 Å². The van der Waals surface area contributed by atoms with Crippen molar-refractivity contribution in [3.05, 3.63) is 54.1 Å². The monoisotopic (exact) mass is 257 g/mol. The van der Waals surface area contributed by atoms with E-state index < -0.39 is 0 Å². The molecule has 0 aliphatic rings. The topological polar surface area (TPSA) is 29.9 Å². The Kier molecular flexibility index (Phi) is 5.16. The maximum absolute atomic E-state index is 4.50. The summed E-state index contributed by atoms with van der Waals surface area (Å²) in [6, 6.07) is 10.7. The van der Waals surface area contributed by atoms with Gasteiger partial charge in [-0.05, 0) is 19.0 Å². The lowest BCUT2D eigenvalue weighted by Gasteiger charge is -2.18. The van der Waals surface area contributed by atoms with Crippen LogP contribution in [0.3, 0.4) is 0 Å². The standard InChI is InChI=1S/C16H23N3/c1-3-17-13-15(14-8-6-5-7-9-14)12-16-18-10-11-19(16)4-2/h5-11,15,17H,3-4,12-13H2,1-2H3. The number of aromatic nitrogens is 2. The van der Waals surface area contributed by atoms with Crippen molar-refractivity contribution in [1.29, 1.82) is 0 Å². The molecule has 0 saturated heterocycles. The molecule has 0 fully saturated rings. The molecule has 0 spiro atoms. The summed E-state index contributed by atoms with van der Waals surface area (Å²) in [5, 5.41) is 3.46. The van der Waals surface area contributed by atoms with Gasteiger partial charge >= 0.3 is 0 Å². The van der Waals surface area contributed by atoms with Crippen LogP contribution >= 0.6 is 0 Å². The molecule has 1 aromatic carbocycles. The van der Waals surface area contributed by atoms with Crippen LogP contribution in [0.1, 0.15) is 31.2 Å². The summed E-state index contributed by atoms with van der Waals surface area (Å²) in [5.74, 6) is 1.66. The maximum atomic E-state index is 4.50. The molecule has 2 rings (SSSR count). The first-order valence-electron chi connectivity index (χ1n) is 7.10. The molecule has 1 aromatic heterocycles. The van der Waals surface area contributed by atoms with E-state index in [4.69, 9.17) is 0 Å². The Hall–Kier alpha value is -1.61. The summed E-state index contributed by atoms with van der Waals surface area (Å²) in [4.78, 5) is 4.50. The Morgan fingerprint density at radius 3 is 2.68 bits per heavy atom. The van der Waals surface area contributed by atoms with E-state index in [-0.39, 0.29) is 0 Å². The summed E-state index contributed by atoms with van der Waals surface area (Å²) in [7, 11) is 0. The number of benzene rings is 1. The number of imidazole rings is 1. The summed E-state index contributed by atoms with van der Waals surface area (Å²) < 4.78 is 2.22. The molecule has 0 bridgehead atoms. The molecule has 0 aliphatic carbocycles. The third kappa shape index (κ3) is 3.67. The van der Waals surface area contributed by atoms with Crippen LogP contribution in [-0.4, -0.2) is 22.6 Å². The van der Waals surface area contributed by atoms with Crippen LogP contribution in [-0.2, 0) is 13.0 Å². The average molecular weight is 257 g/mol. The molecule has 0 radical (unpaired) electrons. The molecule has 19 heavy (non-hydrogen) atoms. The first-order valence-corrected chi connectivity index (χ1v) is 7.10. The van der Waals surface area contributed by atoms with Gasteiger partial charge < -0.3 is 9.88 Å². The van der Waals surface area contributed by atoms with E-state index in [2.05, 4.69) is 65.2 Å². The summed E-state index contributed by atoms with van der Waals surface area (Å²) in [6.07, 6.45) is 4.94. The van der Waals surface area contributed by atoms with Crippen molar-refractivity contribution in [3.8, 4) is 0 Å². The van der Waals surface area contributed by atoms with Gasteiger partial charge in [0, 0.05) is 37.8 Å². The molecule has 1 heterocycles. The van der Waals surface area contributed by atoms with E-state index in [9.17, 15) is 0 Å². The Morgan fingerprint density at radius 2 is 2.00 bits per heavy atom. The minimum absolute atomic E-state index is 0.480. The highest BCUT2D eigenvalue weighted by molar-refractivity contribution is 5.21. The Balaban J connectivity index is 2.14. The van der Waals surface area contributed by atoms with Crippen LogP contribution in [0.4, 0.5) is 0 Å². The first-order chi connectivity index (χ1) is 9.35. The van der Waals surface area contributed by atoms with E-state index in [1.807, 2.05) is 6.20 Å². The molecule has 102 valence electrons. The summed E-state index contributed by atoms with van der Waals surface area (Å²) in [6.45, 7) is 7.29. The molecule has 1 N–H and O–H groups in total. The van der Waals surface area contributed by atoms with Crippen LogP contribution in [0.25, 0.3) is 0 Å². The number of hydrogen-bond donors (Lipinski definition) is 1. The summed E-state index contributed by atoms with van der Waals surface area (Å²) >= 11 is 0. The zero-order chi connectivity index (χ0) is 13.5. The molecule has 0 aliphatic heterocycles. The van der Waals surface area contributed by atoms with E-state index in [1.165, 1.54) is 11.4 Å². The molecule has 1 atom stereocenters. The van der Waals surface area contributed by atoms with E-state index in [0.717, 1.165) is 26.1 Å². The molecular formula is C16H23N3. The van der Waals surface area contributed by atoms with Crippen LogP contribution in [0.2, 0.25) is 0 Å². The molecule has 0 saturated carbocycles. The van der Waals surface area contributed by atoms with Crippen molar-refractivity contribution >= 4 is 0 Å². The predicted molar refractivity (Wildman–Crippen MR) is 79.3 cm³/mol. The fourth-order valence-electron chi connectivity index (χ4n) is 2.39. The fourth-order valence-corrected chi connectivity index (χ4v) is 2.39. The lowest BCUT2D eigenvalue weighted by atomic mass is 9.95. The molecular weight excluding hydrogens is 234 g/mol. The molecule has 2 aromatic rings. The smallest absolute Gasteiger partial charge is 0.109 e. The van der Waals surface area contributed by atoms with E-state index in [0.29, 0.717) is 5.92 Å². The summed E-state index contributed by atoms with van der Waals surface area (Å²) in [5.41, 5.74) is 1.38. The van der Waals surface area contributed by atoms with E-state index >= 15 is 0 Å². The second-order valence-electron chi connectivity index (χ2n) is 4.75. The maximum Gasteiger partial charge on any atom is 0.109 e. The van der Waals surface area contributed by atoms with Gasteiger partial charge in [0.2, 0.25) is 0 Å². The molecule has 3 heteroatoms. The van der Waals surface area contributed by atoms with Gasteiger partial charge in [0.15, 0.2) is 0 Å². The lowest BCUT2D eigenvalue weighted by molar-refractivity contribution is 0.563. The number of aryl methyl sites for hydroxylation is 1. The average Bonchev–Trinajstić information content (AvgIpc) is 2.91. The van der Waals surface area contributed by atoms with Crippen LogP contribution in [0.5, 0.6) is 0 Å². The zero-order valence-electron chi connectivity index (χ0n) is 11.8. The second-order valence-corrected chi connectivity index (χ2v) is 4.75. The van der Waals surface area contributed by atoms with Crippen molar-refractivity contribution in [3.63, 3.8) is 0 Å². The predicted octanol–water partition coefficient (Wildman–Crippen LogP) is 2.84. The van der Waals surface area contributed by atoms with Crippen LogP contribution in [0, 0.1) is 0 Å². The number of likely N-dealkylation sites (N-methyl/N-ethyl adjacent to an activating group) is 1. The van der Waals surface area contributed by atoms with Gasteiger partial charge in [-0.2, -0.15) is 0 Å². The number of rotatable bonds is 7. The Morgan fingerprint density at radius 1 is 1.21 bits per heavy atom. The molecule has 0 amide bonds. The highest BCUT2D eigenvalue weighted by atomic mass is 15.1. The van der Waals surface area contributed by atoms with Gasteiger partial charge in [0.25, 0.3) is 0 Å². The third-order valence-electron chi connectivity index (χ3n) is 3.48. The fraction of sp³-hybridized carbons (Fsp3) is 0.438. The van der Waals surface area contributed by atoms with Gasteiger partial charge in [-0.25, -0.2) is 4.98 Å². The van der Waals surface area contributed by atoms with Gasteiger partial charge in [-0.1, -0.05) is 37.3 Å². The Bertz CT molecular complexity index is 476. The highest BCUT2D eigenvalue weighted by Crippen LogP contribution is 2.19. The van der Waals surface area contributed by atoms with Gasteiger partial charge in [-0.15, -0.1) is 0 Å². The second kappa shape index (κ2) is 7.10. The molecule has 3 nitrogen and oxygen atoms in total. The van der Waals surface area contributed by atoms with Crippen molar-refractivity contribution in [1.82, 2.24) is 14.9 Å². The van der Waals surface area contributed by atoms with Crippen molar-refractivity contribution in [2.24, 2.45) is 0 Å². The third-order valence-corrected chi connectivity index (χ3v) is 3.48. The lowest BCUT2D eigenvalue weighted by Crippen LogP contribution is -2.23. The van der Waals surface area contributed by atoms with E-state index in [1.54, 1.807) is 0 Å². The highest BCUT2D eigenvalue weighted by Gasteiger charge is 2.14. The SMILES string of the molecule is CCNCC(Cc1nccn1CC)c1ccccc1. The normalized spacial score (nSPS) is 12.5. The largest absolute Gasteiger partial charge is 0.335 e. The first kappa shape index (κ1) is 13.8. The van der Waals surface area contributed by atoms with Gasteiger partial charge in [0.1, 0.15) is 5.82 Å². The van der Waals surface area contributed by atoms with Gasteiger partial charge in [-0.3, -0.25) is 0 Å². The zero-order valence-corrected chi connectivity index (χ0v) is 11.8. The Labute approximate surface area is 115 Å². The van der Waals surface area contributed by atoms with Crippen LogP contribution in [0.15, 0.2) is 42.7 Å². The number of hydrogen-bond acceptors (Lipinski definition) is 2. The van der Waals surface area contributed by atoms with Crippen molar-refractivity contribution < 1.29 is 0 Å². The number of nitrogens with zero attached hydrogens (tertiary/aromatic N) is 2. The number of nitrogens with one attached hydrogen (secondary N) is 1. The van der Waals surface area contributed by atoms with Crippen LogP contribution < -0.4 is 5.32 Å². The minimum atomic E-state index is 0.480. The molecule has 1 unspecified atom stereocenters.